The molecule has 2 aromatic rings. The van der Waals surface area contributed by atoms with E-state index in [-0.39, 0.29) is 5.69 Å². The van der Waals surface area contributed by atoms with E-state index >= 15 is 0 Å². The summed E-state index contributed by atoms with van der Waals surface area (Å²) in [5.74, 6) is -0.558. The molecule has 0 saturated heterocycles. The zero-order valence-electron chi connectivity index (χ0n) is 11.4. The van der Waals surface area contributed by atoms with Gasteiger partial charge in [-0.25, -0.2) is 9.78 Å². The van der Waals surface area contributed by atoms with Crippen molar-refractivity contribution in [2.75, 3.05) is 7.11 Å². The van der Waals surface area contributed by atoms with Crippen LogP contribution in [0.2, 0.25) is 0 Å². The second-order valence-electron chi connectivity index (χ2n) is 4.40. The van der Waals surface area contributed by atoms with E-state index in [4.69, 9.17) is 0 Å². The Morgan fingerprint density at radius 3 is 2.19 bits per heavy atom. The number of aromatic nitrogens is 1. The van der Waals surface area contributed by atoms with E-state index < -0.39 is 17.7 Å². The lowest BCUT2D eigenvalue weighted by Gasteiger charge is -2.10. The molecule has 0 bridgehead atoms. The van der Waals surface area contributed by atoms with E-state index in [1.165, 1.54) is 25.3 Å². The lowest BCUT2D eigenvalue weighted by atomic mass is 10.0. The normalized spacial score (nSPS) is 11.3. The molecule has 110 valence electrons. The molecule has 1 aromatic heterocycles. The number of methoxy groups -OCH3 is 1. The quantitative estimate of drug-likeness (QED) is 0.790. The average Bonchev–Trinajstić information content (AvgIpc) is 2.45. The molecule has 0 saturated carbocycles. The molecule has 0 radical (unpaired) electrons. The zero-order valence-corrected chi connectivity index (χ0v) is 11.4. The summed E-state index contributed by atoms with van der Waals surface area (Å²) in [5, 5.41) is 0. The lowest BCUT2D eigenvalue weighted by Crippen LogP contribution is -2.06. The second-order valence-corrected chi connectivity index (χ2v) is 4.40. The first-order valence-corrected chi connectivity index (χ1v) is 6.06. The highest BCUT2D eigenvalue weighted by atomic mass is 19.4. The van der Waals surface area contributed by atoms with Crippen LogP contribution in [0.25, 0.3) is 11.1 Å². The van der Waals surface area contributed by atoms with Gasteiger partial charge in [0.1, 0.15) is 5.69 Å². The van der Waals surface area contributed by atoms with Crippen LogP contribution in [0.5, 0.6) is 0 Å². The average molecular weight is 295 g/mol. The van der Waals surface area contributed by atoms with Gasteiger partial charge in [0, 0.05) is 11.3 Å². The van der Waals surface area contributed by atoms with E-state index in [1.807, 2.05) is 0 Å². The molecular weight excluding hydrogens is 283 g/mol. The van der Waals surface area contributed by atoms with Crippen molar-refractivity contribution in [3.63, 3.8) is 0 Å². The van der Waals surface area contributed by atoms with Gasteiger partial charge in [0.2, 0.25) is 0 Å². The Kier molecular flexibility index (Phi) is 3.97. The fourth-order valence-electron chi connectivity index (χ4n) is 1.92. The lowest BCUT2D eigenvalue weighted by molar-refractivity contribution is -0.137. The van der Waals surface area contributed by atoms with Gasteiger partial charge in [-0.15, -0.1) is 0 Å². The standard InChI is InChI=1S/C15H12F3NO2/c1-9-12(7-8-13(19-9)14(20)21-2)10-3-5-11(6-4-10)15(16,17)18/h3-8H,1-2H3. The number of benzene rings is 1. The number of rotatable bonds is 2. The Morgan fingerprint density at radius 2 is 1.71 bits per heavy atom. The first-order chi connectivity index (χ1) is 9.82. The van der Waals surface area contributed by atoms with Crippen LogP contribution in [-0.4, -0.2) is 18.1 Å². The Balaban J connectivity index is 2.36. The van der Waals surface area contributed by atoms with Crippen LogP contribution >= 0.6 is 0 Å². The molecule has 0 unspecified atom stereocenters. The SMILES string of the molecule is COC(=O)c1ccc(-c2ccc(C(F)(F)F)cc2)c(C)n1. The molecule has 0 spiro atoms. The fraction of sp³-hybridized carbons (Fsp3) is 0.200. The van der Waals surface area contributed by atoms with Crippen molar-refractivity contribution < 1.29 is 22.7 Å². The summed E-state index contributed by atoms with van der Waals surface area (Å²) < 4.78 is 42.1. The van der Waals surface area contributed by atoms with Crippen LogP contribution in [0.1, 0.15) is 21.7 Å². The Bertz CT molecular complexity index is 664. The molecule has 3 nitrogen and oxygen atoms in total. The predicted octanol–water partition coefficient (Wildman–Crippen LogP) is 3.86. The number of ether oxygens (including phenoxy) is 1. The minimum absolute atomic E-state index is 0.158. The number of carbonyl (C=O) groups excluding carboxylic acids is 1. The van der Waals surface area contributed by atoms with E-state index in [0.717, 1.165) is 12.1 Å². The van der Waals surface area contributed by atoms with Gasteiger partial charge < -0.3 is 4.74 Å². The molecule has 1 aromatic carbocycles. The fourth-order valence-corrected chi connectivity index (χ4v) is 1.92. The smallest absolute Gasteiger partial charge is 0.416 e. The molecule has 0 aliphatic rings. The van der Waals surface area contributed by atoms with Crippen molar-refractivity contribution in [2.45, 2.75) is 13.1 Å². The third-order valence-electron chi connectivity index (χ3n) is 3.00. The molecule has 21 heavy (non-hydrogen) atoms. The van der Waals surface area contributed by atoms with Crippen LogP contribution in [0.15, 0.2) is 36.4 Å². The number of pyridine rings is 1. The number of carbonyl (C=O) groups is 1. The molecule has 0 atom stereocenters. The highest BCUT2D eigenvalue weighted by Gasteiger charge is 2.30. The first kappa shape index (κ1) is 15.0. The molecule has 6 heteroatoms. The van der Waals surface area contributed by atoms with Gasteiger partial charge in [-0.1, -0.05) is 18.2 Å². The number of hydrogen-bond donors (Lipinski definition) is 0. The molecule has 0 aliphatic carbocycles. The molecule has 0 amide bonds. The monoisotopic (exact) mass is 295 g/mol. The molecule has 0 aliphatic heterocycles. The highest BCUT2D eigenvalue weighted by Crippen LogP contribution is 2.31. The summed E-state index contributed by atoms with van der Waals surface area (Å²) in [4.78, 5) is 15.5. The van der Waals surface area contributed by atoms with Crippen LogP contribution < -0.4 is 0 Å². The molecule has 0 fully saturated rings. The number of halogens is 3. The Labute approximate surface area is 119 Å². The molecule has 2 rings (SSSR count). The van der Waals surface area contributed by atoms with Crippen molar-refractivity contribution in [1.29, 1.82) is 0 Å². The summed E-state index contributed by atoms with van der Waals surface area (Å²) in [6, 6.07) is 7.91. The van der Waals surface area contributed by atoms with Gasteiger partial charge in [-0.3, -0.25) is 0 Å². The van der Waals surface area contributed by atoms with Crippen molar-refractivity contribution in [3.8, 4) is 11.1 Å². The predicted molar refractivity (Wildman–Crippen MR) is 70.8 cm³/mol. The second kappa shape index (κ2) is 5.55. The van der Waals surface area contributed by atoms with Crippen LogP contribution in [-0.2, 0) is 10.9 Å². The first-order valence-electron chi connectivity index (χ1n) is 6.06. The van der Waals surface area contributed by atoms with E-state index in [2.05, 4.69) is 9.72 Å². The van der Waals surface area contributed by atoms with Crippen molar-refractivity contribution in [1.82, 2.24) is 4.98 Å². The van der Waals surface area contributed by atoms with Crippen molar-refractivity contribution in [3.05, 3.63) is 53.3 Å². The molecular formula is C15H12F3NO2. The van der Waals surface area contributed by atoms with E-state index in [0.29, 0.717) is 16.8 Å². The molecule has 0 N–H and O–H groups in total. The largest absolute Gasteiger partial charge is 0.464 e. The Morgan fingerprint density at radius 1 is 1.10 bits per heavy atom. The Hall–Kier alpha value is -2.37. The topological polar surface area (TPSA) is 39.2 Å². The van der Waals surface area contributed by atoms with Gasteiger partial charge >= 0.3 is 12.1 Å². The maximum atomic E-state index is 12.5. The minimum atomic E-state index is -4.36. The summed E-state index contributed by atoms with van der Waals surface area (Å²) in [6.07, 6.45) is -4.36. The number of aryl methyl sites for hydroxylation is 1. The maximum absolute atomic E-state index is 12.5. The number of nitrogens with zero attached hydrogens (tertiary/aromatic N) is 1. The van der Waals surface area contributed by atoms with Gasteiger partial charge in [0.25, 0.3) is 0 Å². The van der Waals surface area contributed by atoms with E-state index in [9.17, 15) is 18.0 Å². The number of esters is 1. The van der Waals surface area contributed by atoms with Gasteiger partial charge in [-0.05, 0) is 30.7 Å². The maximum Gasteiger partial charge on any atom is 0.416 e. The minimum Gasteiger partial charge on any atom is -0.464 e. The van der Waals surface area contributed by atoms with E-state index in [1.54, 1.807) is 13.0 Å². The number of hydrogen-bond acceptors (Lipinski definition) is 3. The number of alkyl halides is 3. The van der Waals surface area contributed by atoms with Gasteiger partial charge in [0.05, 0.1) is 12.7 Å². The van der Waals surface area contributed by atoms with Crippen LogP contribution in [0.3, 0.4) is 0 Å². The van der Waals surface area contributed by atoms with Crippen molar-refractivity contribution in [2.24, 2.45) is 0 Å². The van der Waals surface area contributed by atoms with Crippen LogP contribution in [0, 0.1) is 6.92 Å². The third-order valence-corrected chi connectivity index (χ3v) is 3.00. The summed E-state index contributed by atoms with van der Waals surface area (Å²) >= 11 is 0. The van der Waals surface area contributed by atoms with Gasteiger partial charge in [-0.2, -0.15) is 13.2 Å². The van der Waals surface area contributed by atoms with Crippen LogP contribution in [0.4, 0.5) is 13.2 Å². The zero-order chi connectivity index (χ0) is 15.6. The van der Waals surface area contributed by atoms with Crippen molar-refractivity contribution >= 4 is 5.97 Å². The summed E-state index contributed by atoms with van der Waals surface area (Å²) in [7, 11) is 1.25. The summed E-state index contributed by atoms with van der Waals surface area (Å²) in [5.41, 5.74) is 1.26. The third kappa shape index (κ3) is 3.21. The highest BCUT2D eigenvalue weighted by molar-refractivity contribution is 5.87. The summed E-state index contributed by atoms with van der Waals surface area (Å²) in [6.45, 7) is 1.68. The molecule has 1 heterocycles. The van der Waals surface area contributed by atoms with Gasteiger partial charge in [0.15, 0.2) is 0 Å².